The number of carboxylic acids is 2. The topological polar surface area (TPSA) is 146 Å². The molecule has 10 nitrogen and oxygen atoms in total. The van der Waals surface area contributed by atoms with Gasteiger partial charge in [0.1, 0.15) is 0 Å². The summed E-state index contributed by atoms with van der Waals surface area (Å²) in [5.41, 5.74) is 2.46. The van der Waals surface area contributed by atoms with E-state index in [-0.39, 0.29) is 48.7 Å². The van der Waals surface area contributed by atoms with Crippen molar-refractivity contribution >= 4 is 23.9 Å². The van der Waals surface area contributed by atoms with Crippen LogP contribution in [-0.4, -0.2) is 48.3 Å². The number of ether oxygens (including phenoxy) is 4. The van der Waals surface area contributed by atoms with Crippen LogP contribution < -0.4 is 18.9 Å². The third-order valence-electron chi connectivity index (χ3n) is 7.78. The van der Waals surface area contributed by atoms with E-state index in [1.54, 1.807) is 0 Å². The molecule has 0 fully saturated rings. The van der Waals surface area contributed by atoms with Crippen LogP contribution in [0.3, 0.4) is 0 Å². The van der Waals surface area contributed by atoms with Crippen LogP contribution in [0.5, 0.6) is 23.0 Å². The molecule has 0 saturated heterocycles. The first-order valence-corrected chi connectivity index (χ1v) is 16.3. The zero-order chi connectivity index (χ0) is 33.6. The van der Waals surface area contributed by atoms with Gasteiger partial charge in [0.15, 0.2) is 11.5 Å². The maximum absolute atomic E-state index is 13.0. The van der Waals surface area contributed by atoms with Crippen molar-refractivity contribution in [1.29, 1.82) is 0 Å². The van der Waals surface area contributed by atoms with E-state index in [1.165, 1.54) is 14.2 Å². The first kappa shape index (κ1) is 39.5. The number of carbonyl (C=O) groups excluding carboxylic acids is 2. The number of carbonyl (C=O) groups is 4. The molecule has 0 heterocycles. The van der Waals surface area contributed by atoms with Crippen LogP contribution in [0.1, 0.15) is 134 Å². The third kappa shape index (κ3) is 15.8. The number of hydrogen-bond acceptors (Lipinski definition) is 8. The Morgan fingerprint density at radius 1 is 0.600 bits per heavy atom. The average molecular weight is 635 g/mol. The van der Waals surface area contributed by atoms with Gasteiger partial charge in [-0.15, -0.1) is 0 Å². The largest absolute Gasteiger partial charge is 0.490 e. The molecule has 10 heteroatoms. The van der Waals surface area contributed by atoms with Crippen LogP contribution in [-0.2, 0) is 25.6 Å². The second-order valence-electron chi connectivity index (χ2n) is 11.4. The smallest absolute Gasteiger partial charge is 0.311 e. The lowest BCUT2D eigenvalue weighted by atomic mass is 9.99. The summed E-state index contributed by atoms with van der Waals surface area (Å²) < 4.78 is 23.1. The second kappa shape index (κ2) is 22.9. The number of carboxylic acid groups (broad SMARTS) is 2. The Balaban J connectivity index is 2.99. The molecule has 0 unspecified atom stereocenters. The van der Waals surface area contributed by atoms with Gasteiger partial charge in [0.25, 0.3) is 0 Å². The highest BCUT2D eigenvalue weighted by atomic mass is 16.6. The van der Waals surface area contributed by atoms with Gasteiger partial charge in [-0.3, -0.25) is 19.2 Å². The van der Waals surface area contributed by atoms with Crippen molar-refractivity contribution in [3.05, 3.63) is 22.8 Å². The van der Waals surface area contributed by atoms with E-state index < -0.39 is 23.9 Å². The molecule has 0 aliphatic carbocycles. The molecule has 0 bridgehead atoms. The Labute approximate surface area is 268 Å². The van der Waals surface area contributed by atoms with Gasteiger partial charge in [-0.1, -0.05) is 69.9 Å². The molecule has 254 valence electrons. The van der Waals surface area contributed by atoms with Crippen molar-refractivity contribution in [2.24, 2.45) is 0 Å². The minimum absolute atomic E-state index is 0.184. The minimum Gasteiger partial charge on any atom is -0.490 e. The summed E-state index contributed by atoms with van der Waals surface area (Å²) in [4.78, 5) is 47.1. The van der Waals surface area contributed by atoms with Crippen molar-refractivity contribution in [2.45, 2.75) is 136 Å². The van der Waals surface area contributed by atoms with Crippen molar-refractivity contribution in [2.75, 3.05) is 14.2 Å². The summed E-state index contributed by atoms with van der Waals surface area (Å²) in [7, 11) is 2.90. The maximum Gasteiger partial charge on any atom is 0.311 e. The quantitative estimate of drug-likeness (QED) is 0.0468. The fraction of sp³-hybridized carbons (Fsp3) is 0.657. The van der Waals surface area contributed by atoms with E-state index in [0.29, 0.717) is 43.2 Å². The Kier molecular flexibility index (Phi) is 20.1. The van der Waals surface area contributed by atoms with Crippen LogP contribution in [0.25, 0.3) is 0 Å². The van der Waals surface area contributed by atoms with E-state index in [1.807, 2.05) is 13.8 Å². The van der Waals surface area contributed by atoms with Gasteiger partial charge in [0.05, 0.1) is 14.2 Å². The number of benzene rings is 1. The number of hydrogen-bond donors (Lipinski definition) is 2. The lowest BCUT2D eigenvalue weighted by Crippen LogP contribution is -2.14. The maximum atomic E-state index is 13.0. The van der Waals surface area contributed by atoms with E-state index >= 15 is 0 Å². The predicted molar refractivity (Wildman–Crippen MR) is 172 cm³/mol. The van der Waals surface area contributed by atoms with Gasteiger partial charge in [-0.2, -0.15) is 0 Å². The molecular formula is C35H54O10. The summed E-state index contributed by atoms with van der Waals surface area (Å²) in [6.45, 7) is 5.90. The van der Waals surface area contributed by atoms with Gasteiger partial charge in [0, 0.05) is 36.8 Å². The SMILES string of the molecule is CC/C(C)=C/Cc1c(C)c(OC(=O)CCCCCCCCC(=O)O)c(OC)c(OC)c1OC(=O)CCCCCCCCC(=O)O. The highest BCUT2D eigenvalue weighted by Crippen LogP contribution is 2.50. The Hall–Kier alpha value is -3.56. The summed E-state index contributed by atoms with van der Waals surface area (Å²) in [6, 6.07) is 0. The molecular weight excluding hydrogens is 580 g/mol. The third-order valence-corrected chi connectivity index (χ3v) is 7.78. The molecule has 0 aliphatic rings. The van der Waals surface area contributed by atoms with E-state index in [2.05, 4.69) is 13.0 Å². The molecule has 0 aromatic heterocycles. The average Bonchev–Trinajstić information content (AvgIpc) is 3.00. The second-order valence-corrected chi connectivity index (χ2v) is 11.4. The highest BCUT2D eigenvalue weighted by Gasteiger charge is 2.28. The summed E-state index contributed by atoms with van der Waals surface area (Å²) in [6.07, 6.45) is 13.9. The molecule has 1 aromatic rings. The molecule has 0 amide bonds. The zero-order valence-corrected chi connectivity index (χ0v) is 28.0. The number of methoxy groups -OCH3 is 2. The number of unbranched alkanes of at least 4 members (excludes halogenated alkanes) is 10. The van der Waals surface area contributed by atoms with Crippen molar-refractivity contribution in [3.63, 3.8) is 0 Å². The fourth-order valence-corrected chi connectivity index (χ4v) is 4.92. The summed E-state index contributed by atoms with van der Waals surface area (Å²) in [5.74, 6) is -1.47. The van der Waals surface area contributed by atoms with E-state index in [0.717, 1.165) is 63.4 Å². The van der Waals surface area contributed by atoms with Gasteiger partial charge in [0.2, 0.25) is 11.5 Å². The molecule has 0 saturated carbocycles. The fourth-order valence-electron chi connectivity index (χ4n) is 4.92. The van der Waals surface area contributed by atoms with Gasteiger partial charge in [-0.25, -0.2) is 0 Å². The molecule has 0 atom stereocenters. The van der Waals surface area contributed by atoms with Gasteiger partial charge >= 0.3 is 23.9 Å². The number of aliphatic carboxylic acids is 2. The molecule has 0 radical (unpaired) electrons. The van der Waals surface area contributed by atoms with Gasteiger partial charge < -0.3 is 29.2 Å². The van der Waals surface area contributed by atoms with Crippen LogP contribution in [0.2, 0.25) is 0 Å². The predicted octanol–water partition coefficient (Wildman–Crippen LogP) is 8.13. The molecule has 1 rings (SSSR count). The number of rotatable bonds is 25. The first-order valence-electron chi connectivity index (χ1n) is 16.3. The standard InChI is InChI=1S/C35H54O10/c1-6-25(2)23-24-27-26(3)32(44-30(40)21-17-13-9-7-11-15-19-28(36)37)34(42-4)35(43-5)33(27)45-31(41)22-18-14-10-8-12-16-20-29(38)39/h23H,6-22,24H2,1-5H3,(H,36,37)(H,38,39)/b25-23+. The van der Waals surface area contributed by atoms with Crippen LogP contribution >= 0.6 is 0 Å². The number of esters is 2. The monoisotopic (exact) mass is 634 g/mol. The molecule has 2 N–H and O–H groups in total. The first-order chi connectivity index (χ1) is 21.5. The van der Waals surface area contributed by atoms with E-state index in [9.17, 15) is 19.2 Å². The summed E-state index contributed by atoms with van der Waals surface area (Å²) in [5, 5.41) is 17.5. The van der Waals surface area contributed by atoms with E-state index in [4.69, 9.17) is 29.2 Å². The normalized spacial score (nSPS) is 11.3. The Bertz CT molecular complexity index is 1120. The molecule has 1 aromatic carbocycles. The molecule has 0 aliphatic heterocycles. The van der Waals surface area contributed by atoms with Gasteiger partial charge in [-0.05, 0) is 52.4 Å². The highest BCUT2D eigenvalue weighted by molar-refractivity contribution is 5.79. The van der Waals surface area contributed by atoms with Crippen molar-refractivity contribution in [1.82, 2.24) is 0 Å². The van der Waals surface area contributed by atoms with Crippen LogP contribution in [0, 0.1) is 6.92 Å². The lowest BCUT2D eigenvalue weighted by Gasteiger charge is -2.22. The van der Waals surface area contributed by atoms with Crippen molar-refractivity contribution in [3.8, 4) is 23.0 Å². The van der Waals surface area contributed by atoms with Crippen LogP contribution in [0.4, 0.5) is 0 Å². The summed E-state index contributed by atoms with van der Waals surface area (Å²) >= 11 is 0. The number of allylic oxidation sites excluding steroid dienone is 2. The lowest BCUT2D eigenvalue weighted by molar-refractivity contribution is -0.138. The molecule has 45 heavy (non-hydrogen) atoms. The Morgan fingerprint density at radius 3 is 1.38 bits per heavy atom. The van der Waals surface area contributed by atoms with Crippen LogP contribution in [0.15, 0.2) is 11.6 Å². The van der Waals surface area contributed by atoms with Crippen molar-refractivity contribution < 1.29 is 48.3 Å². The molecule has 0 spiro atoms. The minimum atomic E-state index is -0.777. The zero-order valence-electron chi connectivity index (χ0n) is 28.0. The Morgan fingerprint density at radius 2 is 0.978 bits per heavy atom.